The molecule has 5 nitrogen and oxygen atoms in total. The number of fused-ring (bicyclic) bond motifs is 1. The Kier molecular flexibility index (Phi) is 3.77. The number of esters is 1. The third-order valence-corrected chi connectivity index (χ3v) is 3.92. The first-order valence-electron chi connectivity index (χ1n) is 5.45. The van der Waals surface area contributed by atoms with Crippen molar-refractivity contribution in [3.8, 4) is 0 Å². The van der Waals surface area contributed by atoms with Crippen molar-refractivity contribution in [2.45, 2.75) is 12.1 Å². The number of carbonyl (C=O) groups is 1. The van der Waals surface area contributed by atoms with Crippen molar-refractivity contribution in [1.29, 1.82) is 0 Å². The molecule has 98 valence electrons. The fourth-order valence-corrected chi connectivity index (χ4v) is 2.80. The molecule has 2 N–H and O–H groups in total. The van der Waals surface area contributed by atoms with Gasteiger partial charge in [0.05, 0.1) is 36.4 Å². The van der Waals surface area contributed by atoms with Gasteiger partial charge in [0.2, 0.25) is 0 Å². The standard InChI is InChI=1S/C12H14BrNO4/c1-17-9-4-3-6-8(15)5-7(12(16)18-2)14-11(6)10(9)13/h3-7,11,14-15H,1-2H3. The van der Waals surface area contributed by atoms with Crippen LogP contribution < -0.4 is 5.32 Å². The van der Waals surface area contributed by atoms with Gasteiger partial charge in [-0.2, -0.15) is 0 Å². The predicted molar refractivity (Wildman–Crippen MR) is 69.0 cm³/mol. The minimum absolute atomic E-state index is 0.150. The summed E-state index contributed by atoms with van der Waals surface area (Å²) < 4.78 is 10.6. The van der Waals surface area contributed by atoms with E-state index in [0.29, 0.717) is 5.76 Å². The number of rotatable bonds is 2. The molecular weight excluding hydrogens is 302 g/mol. The second-order valence-corrected chi connectivity index (χ2v) is 4.89. The van der Waals surface area contributed by atoms with Crippen LogP contribution >= 0.6 is 15.9 Å². The van der Waals surface area contributed by atoms with Gasteiger partial charge < -0.3 is 14.6 Å². The van der Waals surface area contributed by atoms with Crippen molar-refractivity contribution < 1.29 is 19.4 Å². The zero-order chi connectivity index (χ0) is 13.3. The highest BCUT2D eigenvalue weighted by atomic mass is 79.9. The number of ether oxygens (including phenoxy) is 2. The van der Waals surface area contributed by atoms with Gasteiger partial charge in [-0.05, 0) is 28.1 Å². The topological polar surface area (TPSA) is 67.8 Å². The second-order valence-electron chi connectivity index (χ2n) is 4.04. The number of methoxy groups -OCH3 is 2. The van der Waals surface area contributed by atoms with Gasteiger partial charge in [-0.3, -0.25) is 10.1 Å². The summed E-state index contributed by atoms with van der Waals surface area (Å²) in [5, 5.41) is 13.1. The summed E-state index contributed by atoms with van der Waals surface area (Å²) in [5.74, 6) is 0.174. The molecule has 18 heavy (non-hydrogen) atoms. The van der Waals surface area contributed by atoms with E-state index in [4.69, 9.17) is 4.74 Å². The quantitative estimate of drug-likeness (QED) is 0.754. The van der Waals surface area contributed by atoms with Crippen molar-refractivity contribution in [3.63, 3.8) is 0 Å². The lowest BCUT2D eigenvalue weighted by Gasteiger charge is -2.35. The zero-order valence-electron chi connectivity index (χ0n) is 10.0. The molecule has 0 aromatic rings. The molecule has 6 heteroatoms. The van der Waals surface area contributed by atoms with Crippen LogP contribution in [0.3, 0.4) is 0 Å². The second kappa shape index (κ2) is 5.16. The van der Waals surface area contributed by atoms with E-state index in [2.05, 4.69) is 26.0 Å². The number of halogens is 1. The van der Waals surface area contributed by atoms with Crippen LogP contribution in [0.2, 0.25) is 0 Å². The van der Waals surface area contributed by atoms with E-state index < -0.39 is 12.0 Å². The van der Waals surface area contributed by atoms with Gasteiger partial charge in [0.15, 0.2) is 0 Å². The highest BCUT2D eigenvalue weighted by Crippen LogP contribution is 2.34. The highest BCUT2D eigenvalue weighted by molar-refractivity contribution is 9.11. The molecule has 0 spiro atoms. The molecule has 2 rings (SSSR count). The largest absolute Gasteiger partial charge is 0.512 e. The number of aliphatic hydroxyl groups is 1. The molecule has 0 saturated carbocycles. The third-order valence-electron chi connectivity index (χ3n) is 3.04. The number of hydrogen-bond acceptors (Lipinski definition) is 5. The van der Waals surface area contributed by atoms with Gasteiger partial charge in [0.25, 0.3) is 0 Å². The molecule has 3 unspecified atom stereocenters. The summed E-state index contributed by atoms with van der Waals surface area (Å²) in [7, 11) is 2.88. The molecule has 0 fully saturated rings. The van der Waals surface area contributed by atoms with Crippen LogP contribution in [0.5, 0.6) is 0 Å². The maximum atomic E-state index is 11.5. The molecule has 0 amide bonds. The molecule has 0 aromatic heterocycles. The summed E-state index contributed by atoms with van der Waals surface area (Å²) in [6, 6.07) is -0.896. The first-order valence-corrected chi connectivity index (χ1v) is 6.24. The molecule has 0 radical (unpaired) electrons. The van der Waals surface area contributed by atoms with E-state index in [-0.39, 0.29) is 17.7 Å². The lowest BCUT2D eigenvalue weighted by atomic mass is 9.88. The molecule has 0 aromatic carbocycles. The predicted octanol–water partition coefficient (Wildman–Crippen LogP) is 1.38. The Bertz CT molecular complexity index is 455. The monoisotopic (exact) mass is 315 g/mol. The van der Waals surface area contributed by atoms with Crippen molar-refractivity contribution in [2.24, 2.45) is 5.92 Å². The molecule has 1 heterocycles. The van der Waals surface area contributed by atoms with E-state index in [1.165, 1.54) is 13.2 Å². The molecule has 0 bridgehead atoms. The van der Waals surface area contributed by atoms with Crippen LogP contribution in [0, 0.1) is 5.92 Å². The minimum atomic E-state index is -0.659. The van der Waals surface area contributed by atoms with Gasteiger partial charge in [0, 0.05) is 0 Å². The molecule has 3 atom stereocenters. The SMILES string of the molecule is COC(=O)C1C=C(O)C2C=CC(OC)=C(Br)C2N1. The number of hydrogen-bond donors (Lipinski definition) is 2. The molecule has 0 saturated heterocycles. The Labute approximate surface area is 113 Å². The minimum Gasteiger partial charge on any atom is -0.512 e. The summed E-state index contributed by atoms with van der Waals surface area (Å²) >= 11 is 3.43. The Morgan fingerprint density at radius 2 is 2.22 bits per heavy atom. The van der Waals surface area contributed by atoms with Gasteiger partial charge in [0.1, 0.15) is 11.8 Å². The van der Waals surface area contributed by atoms with Crippen LogP contribution in [-0.4, -0.2) is 37.4 Å². The molecule has 1 aliphatic carbocycles. The van der Waals surface area contributed by atoms with Gasteiger partial charge in [-0.1, -0.05) is 6.08 Å². The maximum Gasteiger partial charge on any atom is 0.327 e. The van der Waals surface area contributed by atoms with Gasteiger partial charge >= 0.3 is 5.97 Å². The Balaban J connectivity index is 2.32. The Morgan fingerprint density at radius 1 is 1.50 bits per heavy atom. The summed E-state index contributed by atoms with van der Waals surface area (Å²) in [6.45, 7) is 0. The summed E-state index contributed by atoms with van der Waals surface area (Å²) in [6.07, 6.45) is 5.09. The van der Waals surface area contributed by atoms with E-state index in [9.17, 15) is 9.90 Å². The van der Waals surface area contributed by atoms with Gasteiger partial charge in [-0.15, -0.1) is 0 Å². The van der Waals surface area contributed by atoms with E-state index in [1.807, 2.05) is 6.08 Å². The summed E-state index contributed by atoms with van der Waals surface area (Å²) in [4.78, 5) is 11.5. The van der Waals surface area contributed by atoms with Crippen LogP contribution in [0.15, 0.2) is 34.2 Å². The van der Waals surface area contributed by atoms with Crippen LogP contribution in [-0.2, 0) is 14.3 Å². The Morgan fingerprint density at radius 3 is 2.83 bits per heavy atom. The third kappa shape index (κ3) is 2.18. The van der Waals surface area contributed by atoms with Crippen molar-refractivity contribution in [2.75, 3.05) is 14.2 Å². The van der Waals surface area contributed by atoms with E-state index >= 15 is 0 Å². The zero-order valence-corrected chi connectivity index (χ0v) is 11.6. The smallest absolute Gasteiger partial charge is 0.327 e. The van der Waals surface area contributed by atoms with Crippen molar-refractivity contribution in [1.82, 2.24) is 5.32 Å². The summed E-state index contributed by atoms with van der Waals surface area (Å²) in [5.41, 5.74) is 0. The molecule has 1 aliphatic heterocycles. The molecular formula is C12H14BrNO4. The average molecular weight is 316 g/mol. The normalized spacial score (nSPS) is 30.6. The first-order chi connectivity index (χ1) is 8.58. The highest BCUT2D eigenvalue weighted by Gasteiger charge is 2.37. The lowest BCUT2D eigenvalue weighted by molar-refractivity contribution is -0.142. The number of allylic oxidation sites excluding steroid dienone is 1. The fourth-order valence-electron chi connectivity index (χ4n) is 2.09. The fraction of sp³-hybridized carbons (Fsp3) is 0.417. The molecule has 2 aliphatic rings. The maximum absolute atomic E-state index is 11.5. The first kappa shape index (κ1) is 13.2. The van der Waals surface area contributed by atoms with Gasteiger partial charge in [-0.25, -0.2) is 0 Å². The van der Waals surface area contributed by atoms with Crippen LogP contribution in [0.1, 0.15) is 0 Å². The average Bonchev–Trinajstić information content (AvgIpc) is 2.38. The number of nitrogens with one attached hydrogen (secondary N) is 1. The van der Waals surface area contributed by atoms with Crippen molar-refractivity contribution in [3.05, 3.63) is 34.2 Å². The Hall–Kier alpha value is -1.27. The number of aliphatic hydroxyl groups excluding tert-OH is 1. The lowest BCUT2D eigenvalue weighted by Crippen LogP contribution is -2.51. The van der Waals surface area contributed by atoms with Crippen LogP contribution in [0.25, 0.3) is 0 Å². The van der Waals surface area contributed by atoms with Crippen LogP contribution in [0.4, 0.5) is 0 Å². The van der Waals surface area contributed by atoms with Crippen molar-refractivity contribution >= 4 is 21.9 Å². The van der Waals surface area contributed by atoms with E-state index in [1.54, 1.807) is 13.2 Å². The van der Waals surface area contributed by atoms with E-state index in [0.717, 1.165) is 4.48 Å². The number of carbonyl (C=O) groups excluding carboxylic acids is 1.